The van der Waals surface area contributed by atoms with Gasteiger partial charge in [0.05, 0.1) is 0 Å². The third kappa shape index (κ3) is 1.84. The normalized spacial score (nSPS) is 17.2. The molecule has 0 saturated heterocycles. The minimum Gasteiger partial charge on any atom is -0.294 e. The Morgan fingerprint density at radius 2 is 2.07 bits per heavy atom. The first-order valence-corrected chi connectivity index (χ1v) is 5.24. The first-order valence-electron chi connectivity index (χ1n) is 5.24. The van der Waals surface area contributed by atoms with Crippen molar-refractivity contribution in [3.05, 3.63) is 29.6 Å². The molecule has 0 aliphatic heterocycles. The van der Waals surface area contributed by atoms with Gasteiger partial charge < -0.3 is 0 Å². The summed E-state index contributed by atoms with van der Waals surface area (Å²) in [5.74, 6) is 0.550. The Morgan fingerprint density at radius 3 is 2.64 bits per heavy atom. The van der Waals surface area contributed by atoms with Crippen LogP contribution in [0.3, 0.4) is 0 Å². The Labute approximate surface area is 84.4 Å². The maximum absolute atomic E-state index is 11.9. The number of aromatic nitrogens is 1. The second-order valence-corrected chi connectivity index (χ2v) is 4.03. The zero-order valence-corrected chi connectivity index (χ0v) is 8.49. The number of aryl methyl sites for hydroxylation is 1. The second kappa shape index (κ2) is 3.91. The summed E-state index contributed by atoms with van der Waals surface area (Å²) in [4.78, 5) is 16.1. The summed E-state index contributed by atoms with van der Waals surface area (Å²) in [5, 5.41) is 0. The molecule has 1 aromatic heterocycles. The predicted octanol–water partition coefficient (Wildman–Crippen LogP) is 2.76. The van der Waals surface area contributed by atoms with E-state index in [2.05, 4.69) is 4.98 Å². The van der Waals surface area contributed by atoms with Gasteiger partial charge >= 0.3 is 0 Å². The fourth-order valence-corrected chi connectivity index (χ4v) is 2.04. The molecule has 1 aliphatic rings. The van der Waals surface area contributed by atoms with Crippen LogP contribution in [0.5, 0.6) is 0 Å². The molecule has 0 unspecified atom stereocenters. The van der Waals surface area contributed by atoms with Crippen molar-refractivity contribution in [1.29, 1.82) is 0 Å². The molecule has 1 fully saturated rings. The molecular formula is C12H15NO. The highest BCUT2D eigenvalue weighted by Gasteiger charge is 2.23. The van der Waals surface area contributed by atoms with Crippen molar-refractivity contribution in [2.75, 3.05) is 0 Å². The van der Waals surface area contributed by atoms with Crippen molar-refractivity contribution in [2.45, 2.75) is 32.6 Å². The summed E-state index contributed by atoms with van der Waals surface area (Å²) in [5.41, 5.74) is 1.75. The van der Waals surface area contributed by atoms with Crippen LogP contribution in [0.1, 0.15) is 41.7 Å². The van der Waals surface area contributed by atoms with E-state index in [1.54, 1.807) is 6.20 Å². The number of hydrogen-bond acceptors (Lipinski definition) is 2. The molecule has 74 valence electrons. The third-order valence-corrected chi connectivity index (χ3v) is 2.92. The Hall–Kier alpha value is -1.18. The third-order valence-electron chi connectivity index (χ3n) is 2.92. The van der Waals surface area contributed by atoms with Crippen molar-refractivity contribution >= 4 is 5.78 Å². The van der Waals surface area contributed by atoms with Gasteiger partial charge in [0.25, 0.3) is 0 Å². The van der Waals surface area contributed by atoms with E-state index in [0.29, 0.717) is 0 Å². The highest BCUT2D eigenvalue weighted by Crippen LogP contribution is 2.27. The van der Waals surface area contributed by atoms with Crippen LogP contribution in [0.4, 0.5) is 0 Å². The van der Waals surface area contributed by atoms with E-state index in [1.807, 2.05) is 19.1 Å². The standard InChI is InChI=1S/C12H15NO/c1-9-6-7-11(8-13-9)12(14)10-4-2-3-5-10/h6-8,10H,2-5H2,1H3. The fourth-order valence-electron chi connectivity index (χ4n) is 2.04. The number of carbonyl (C=O) groups is 1. The van der Waals surface area contributed by atoms with Crippen LogP contribution in [0, 0.1) is 12.8 Å². The van der Waals surface area contributed by atoms with Gasteiger partial charge in [-0.15, -0.1) is 0 Å². The zero-order chi connectivity index (χ0) is 9.97. The smallest absolute Gasteiger partial charge is 0.167 e. The molecule has 1 heterocycles. The van der Waals surface area contributed by atoms with Crippen LogP contribution in [0.25, 0.3) is 0 Å². The summed E-state index contributed by atoms with van der Waals surface area (Å²) < 4.78 is 0. The Morgan fingerprint density at radius 1 is 1.36 bits per heavy atom. The SMILES string of the molecule is Cc1ccc(C(=O)C2CCCC2)cn1. The van der Waals surface area contributed by atoms with Crippen LogP contribution in [-0.4, -0.2) is 10.8 Å². The molecule has 1 aliphatic carbocycles. The number of nitrogens with zero attached hydrogens (tertiary/aromatic N) is 1. The number of pyridine rings is 1. The van der Waals surface area contributed by atoms with E-state index in [1.165, 1.54) is 12.8 Å². The van der Waals surface area contributed by atoms with Crippen LogP contribution in [0.15, 0.2) is 18.3 Å². The van der Waals surface area contributed by atoms with Gasteiger partial charge in [-0.25, -0.2) is 0 Å². The number of Topliss-reactive ketones (excluding diaryl/α,β-unsaturated/α-hetero) is 1. The average Bonchev–Trinajstić information content (AvgIpc) is 2.71. The van der Waals surface area contributed by atoms with Crippen molar-refractivity contribution in [2.24, 2.45) is 5.92 Å². The number of rotatable bonds is 2. The van der Waals surface area contributed by atoms with Crippen molar-refractivity contribution in [3.63, 3.8) is 0 Å². The Bertz CT molecular complexity index is 323. The molecule has 0 radical (unpaired) electrons. The summed E-state index contributed by atoms with van der Waals surface area (Å²) in [6, 6.07) is 3.80. The largest absolute Gasteiger partial charge is 0.294 e. The van der Waals surface area contributed by atoms with Crippen LogP contribution >= 0.6 is 0 Å². The lowest BCUT2D eigenvalue weighted by atomic mass is 9.97. The molecule has 0 N–H and O–H groups in total. The minimum atomic E-state index is 0.263. The van der Waals surface area contributed by atoms with Gasteiger partial charge in [0.1, 0.15) is 0 Å². The maximum atomic E-state index is 11.9. The highest BCUT2D eigenvalue weighted by atomic mass is 16.1. The first-order chi connectivity index (χ1) is 6.77. The molecule has 2 rings (SSSR count). The molecule has 0 spiro atoms. The van der Waals surface area contributed by atoms with Crippen LogP contribution in [0.2, 0.25) is 0 Å². The summed E-state index contributed by atoms with van der Waals surface area (Å²) in [6.07, 6.45) is 6.24. The van der Waals surface area contributed by atoms with Gasteiger partial charge in [-0.2, -0.15) is 0 Å². The van der Waals surface area contributed by atoms with E-state index in [0.717, 1.165) is 24.1 Å². The summed E-state index contributed by atoms with van der Waals surface area (Å²) >= 11 is 0. The van der Waals surface area contributed by atoms with E-state index in [-0.39, 0.29) is 11.7 Å². The topological polar surface area (TPSA) is 30.0 Å². The van der Waals surface area contributed by atoms with Crippen molar-refractivity contribution < 1.29 is 4.79 Å². The summed E-state index contributed by atoms with van der Waals surface area (Å²) in [6.45, 7) is 1.93. The molecule has 0 amide bonds. The molecule has 0 aromatic carbocycles. The molecule has 1 aromatic rings. The number of hydrogen-bond donors (Lipinski definition) is 0. The Kier molecular flexibility index (Phi) is 2.62. The predicted molar refractivity (Wildman–Crippen MR) is 55.3 cm³/mol. The summed E-state index contributed by atoms with van der Waals surface area (Å²) in [7, 11) is 0. The van der Waals surface area contributed by atoms with Gasteiger partial charge in [0.2, 0.25) is 0 Å². The number of ketones is 1. The maximum Gasteiger partial charge on any atom is 0.167 e. The van der Waals surface area contributed by atoms with Gasteiger partial charge in [0, 0.05) is 23.4 Å². The molecule has 14 heavy (non-hydrogen) atoms. The highest BCUT2D eigenvalue weighted by molar-refractivity contribution is 5.97. The van der Waals surface area contributed by atoms with E-state index in [4.69, 9.17) is 0 Å². The lowest BCUT2D eigenvalue weighted by Crippen LogP contribution is -2.11. The molecule has 0 bridgehead atoms. The fraction of sp³-hybridized carbons (Fsp3) is 0.500. The van der Waals surface area contributed by atoms with Gasteiger partial charge in [-0.05, 0) is 31.9 Å². The van der Waals surface area contributed by atoms with E-state index in [9.17, 15) is 4.79 Å². The average molecular weight is 189 g/mol. The minimum absolute atomic E-state index is 0.263. The van der Waals surface area contributed by atoms with Crippen molar-refractivity contribution in [3.8, 4) is 0 Å². The van der Waals surface area contributed by atoms with Gasteiger partial charge in [0.15, 0.2) is 5.78 Å². The molecular weight excluding hydrogens is 174 g/mol. The van der Waals surface area contributed by atoms with Crippen LogP contribution < -0.4 is 0 Å². The second-order valence-electron chi connectivity index (χ2n) is 4.03. The molecule has 1 saturated carbocycles. The monoisotopic (exact) mass is 189 g/mol. The van der Waals surface area contributed by atoms with Crippen LogP contribution in [-0.2, 0) is 0 Å². The zero-order valence-electron chi connectivity index (χ0n) is 8.49. The lowest BCUT2D eigenvalue weighted by molar-refractivity contribution is 0.0922. The quantitative estimate of drug-likeness (QED) is 0.669. The molecule has 0 atom stereocenters. The number of carbonyl (C=O) groups excluding carboxylic acids is 1. The van der Waals surface area contributed by atoms with Gasteiger partial charge in [-0.1, -0.05) is 12.8 Å². The lowest BCUT2D eigenvalue weighted by Gasteiger charge is -2.06. The first kappa shape index (κ1) is 9.38. The van der Waals surface area contributed by atoms with E-state index < -0.39 is 0 Å². The van der Waals surface area contributed by atoms with E-state index >= 15 is 0 Å². The van der Waals surface area contributed by atoms with Crippen molar-refractivity contribution in [1.82, 2.24) is 4.98 Å². The van der Waals surface area contributed by atoms with Gasteiger partial charge in [-0.3, -0.25) is 9.78 Å². The molecule has 2 nitrogen and oxygen atoms in total. The Balaban J connectivity index is 2.14. The molecule has 2 heteroatoms.